The van der Waals surface area contributed by atoms with E-state index in [4.69, 9.17) is 5.14 Å². The van der Waals surface area contributed by atoms with Gasteiger partial charge < -0.3 is 5.32 Å². The van der Waals surface area contributed by atoms with Crippen molar-refractivity contribution in [3.05, 3.63) is 48.5 Å². The van der Waals surface area contributed by atoms with Crippen LogP contribution < -0.4 is 15.4 Å². The van der Waals surface area contributed by atoms with Gasteiger partial charge in [-0.2, -0.15) is 0 Å². The number of carbonyl (C=O) groups is 2. The maximum absolute atomic E-state index is 12.5. The normalized spacial score (nSPS) is 14.2. The quantitative estimate of drug-likeness (QED) is 0.848. The molecule has 3 rings (SSSR count). The minimum absolute atomic E-state index is 0.0590. The summed E-state index contributed by atoms with van der Waals surface area (Å²) in [5.41, 5.74) is 0.883. The van der Waals surface area contributed by atoms with Gasteiger partial charge in [0.15, 0.2) is 0 Å². The van der Waals surface area contributed by atoms with Crippen molar-refractivity contribution in [2.45, 2.75) is 9.79 Å². The number of fused-ring (bicyclic) bond motifs is 1. The number of nitrogens with two attached hydrogens (primary N) is 1. The van der Waals surface area contributed by atoms with Crippen molar-refractivity contribution in [1.82, 2.24) is 0 Å². The van der Waals surface area contributed by atoms with Crippen molar-refractivity contribution >= 4 is 45.1 Å². The van der Waals surface area contributed by atoms with Crippen LogP contribution in [0.15, 0.2) is 58.3 Å². The average molecular weight is 363 g/mol. The summed E-state index contributed by atoms with van der Waals surface area (Å²) in [6, 6.07) is 11.9. The van der Waals surface area contributed by atoms with Crippen LogP contribution in [0.3, 0.4) is 0 Å². The maximum Gasteiger partial charge on any atom is 0.333 e. The summed E-state index contributed by atoms with van der Waals surface area (Å²) < 4.78 is 22.5. The Labute approximate surface area is 142 Å². The van der Waals surface area contributed by atoms with E-state index in [9.17, 15) is 18.0 Å². The van der Waals surface area contributed by atoms with Gasteiger partial charge >= 0.3 is 6.03 Å². The van der Waals surface area contributed by atoms with Crippen molar-refractivity contribution in [2.75, 3.05) is 16.0 Å². The summed E-state index contributed by atoms with van der Waals surface area (Å²) in [5, 5.41) is 7.61. The number of para-hydroxylation sites is 1. The van der Waals surface area contributed by atoms with Gasteiger partial charge in [-0.05, 0) is 36.4 Å². The van der Waals surface area contributed by atoms with Crippen LogP contribution in [0.5, 0.6) is 0 Å². The molecule has 3 N–H and O–H groups in total. The summed E-state index contributed by atoms with van der Waals surface area (Å²) >= 11 is 1.38. The highest BCUT2D eigenvalue weighted by atomic mass is 32.2. The van der Waals surface area contributed by atoms with Gasteiger partial charge in [0.05, 0.1) is 16.3 Å². The van der Waals surface area contributed by atoms with E-state index in [-0.39, 0.29) is 16.6 Å². The molecule has 124 valence electrons. The van der Waals surface area contributed by atoms with Crippen molar-refractivity contribution in [1.29, 1.82) is 0 Å². The van der Waals surface area contributed by atoms with Gasteiger partial charge in [0.25, 0.3) is 0 Å². The highest BCUT2D eigenvalue weighted by Crippen LogP contribution is 2.35. The number of benzene rings is 2. The Hall–Kier alpha value is -2.36. The van der Waals surface area contributed by atoms with Gasteiger partial charge in [0.2, 0.25) is 15.9 Å². The molecule has 0 atom stereocenters. The second-order valence-corrected chi connectivity index (χ2v) is 7.56. The maximum atomic E-state index is 12.5. The monoisotopic (exact) mass is 363 g/mol. The summed E-state index contributed by atoms with van der Waals surface area (Å²) in [6.07, 6.45) is 0. The first kappa shape index (κ1) is 16.5. The number of urea groups is 1. The molecular formula is C15H13N3O4S2. The van der Waals surface area contributed by atoms with E-state index in [0.29, 0.717) is 11.4 Å². The number of amides is 3. The van der Waals surface area contributed by atoms with Crippen LogP contribution in [0, 0.1) is 0 Å². The Morgan fingerprint density at radius 1 is 1.12 bits per heavy atom. The van der Waals surface area contributed by atoms with Gasteiger partial charge in [0.1, 0.15) is 0 Å². The Balaban J connectivity index is 1.84. The molecule has 2 aromatic carbocycles. The van der Waals surface area contributed by atoms with Gasteiger partial charge in [-0.3, -0.25) is 4.79 Å². The lowest BCUT2D eigenvalue weighted by Gasteiger charge is -2.27. The van der Waals surface area contributed by atoms with E-state index in [0.717, 1.165) is 9.80 Å². The lowest BCUT2D eigenvalue weighted by Crippen LogP contribution is -2.43. The van der Waals surface area contributed by atoms with Crippen molar-refractivity contribution < 1.29 is 18.0 Å². The van der Waals surface area contributed by atoms with E-state index in [1.807, 2.05) is 12.1 Å². The van der Waals surface area contributed by atoms with Gasteiger partial charge in [0, 0.05) is 10.6 Å². The Kier molecular flexibility index (Phi) is 4.31. The summed E-state index contributed by atoms with van der Waals surface area (Å²) in [6.45, 7) is 0. The molecule has 0 bridgehead atoms. The van der Waals surface area contributed by atoms with Gasteiger partial charge in [-0.15, -0.1) is 11.8 Å². The predicted molar refractivity (Wildman–Crippen MR) is 91.5 cm³/mol. The number of hydrogen-bond acceptors (Lipinski definition) is 5. The van der Waals surface area contributed by atoms with E-state index >= 15 is 0 Å². The standard InChI is InChI=1S/C15H13N3O4S2/c16-24(21,22)11-7-5-10(6-8-11)17-15(20)18-12-3-1-2-4-13(12)23-9-14(18)19/h1-8H,9H2,(H,17,20)(H2,16,21,22). The number of hydrogen-bond donors (Lipinski definition) is 2. The number of primary sulfonamides is 1. The first-order chi connectivity index (χ1) is 11.4. The number of nitrogens with one attached hydrogen (secondary N) is 1. The highest BCUT2D eigenvalue weighted by molar-refractivity contribution is 8.00. The van der Waals surface area contributed by atoms with Gasteiger partial charge in [-0.1, -0.05) is 12.1 Å². The zero-order valence-corrected chi connectivity index (χ0v) is 13.9. The van der Waals surface area contributed by atoms with Crippen LogP contribution >= 0.6 is 11.8 Å². The molecule has 9 heteroatoms. The molecule has 0 saturated carbocycles. The smallest absolute Gasteiger partial charge is 0.307 e. The number of sulfonamides is 1. The third-order valence-electron chi connectivity index (χ3n) is 3.34. The second-order valence-electron chi connectivity index (χ2n) is 4.99. The van der Waals surface area contributed by atoms with Crippen molar-refractivity contribution in [3.63, 3.8) is 0 Å². The summed E-state index contributed by atoms with van der Waals surface area (Å²) in [4.78, 5) is 26.5. The fraction of sp³-hybridized carbons (Fsp3) is 0.0667. The number of carbonyl (C=O) groups excluding carboxylic acids is 2. The molecule has 0 fully saturated rings. The minimum Gasteiger partial charge on any atom is -0.307 e. The SMILES string of the molecule is NS(=O)(=O)c1ccc(NC(=O)N2C(=O)CSc3ccccc32)cc1. The van der Waals surface area contributed by atoms with E-state index in [1.54, 1.807) is 12.1 Å². The zero-order valence-electron chi connectivity index (χ0n) is 12.3. The number of imide groups is 1. The largest absolute Gasteiger partial charge is 0.333 e. The molecule has 0 radical (unpaired) electrons. The molecule has 0 saturated heterocycles. The topological polar surface area (TPSA) is 110 Å². The van der Waals surface area contributed by atoms with Gasteiger partial charge in [-0.25, -0.2) is 23.3 Å². The molecule has 1 aliphatic rings. The minimum atomic E-state index is -3.80. The first-order valence-corrected chi connectivity index (χ1v) is 9.38. The van der Waals surface area contributed by atoms with Crippen LogP contribution in [0.25, 0.3) is 0 Å². The third-order valence-corrected chi connectivity index (χ3v) is 5.32. The lowest BCUT2D eigenvalue weighted by atomic mass is 10.2. The Bertz CT molecular complexity index is 911. The van der Waals surface area contributed by atoms with Crippen LogP contribution in [0.4, 0.5) is 16.2 Å². The number of anilines is 2. The zero-order chi connectivity index (χ0) is 17.3. The molecule has 7 nitrogen and oxygen atoms in total. The molecule has 24 heavy (non-hydrogen) atoms. The fourth-order valence-electron chi connectivity index (χ4n) is 2.23. The molecule has 1 heterocycles. The molecular weight excluding hydrogens is 350 g/mol. The van der Waals surface area contributed by atoms with Crippen molar-refractivity contribution in [2.24, 2.45) is 5.14 Å². The molecule has 1 aliphatic heterocycles. The predicted octanol–water partition coefficient (Wildman–Crippen LogP) is 2.00. The fourth-order valence-corrected chi connectivity index (χ4v) is 3.64. The Morgan fingerprint density at radius 2 is 1.79 bits per heavy atom. The van der Waals surface area contributed by atoms with Crippen LogP contribution in [0.1, 0.15) is 0 Å². The summed E-state index contributed by atoms with van der Waals surface area (Å²) in [5.74, 6) is -0.147. The molecule has 0 spiro atoms. The molecule has 3 amide bonds. The Morgan fingerprint density at radius 3 is 2.46 bits per heavy atom. The molecule has 0 unspecified atom stereocenters. The summed E-state index contributed by atoms with van der Waals surface area (Å²) in [7, 11) is -3.80. The van der Waals surface area contributed by atoms with E-state index in [2.05, 4.69) is 5.32 Å². The lowest BCUT2D eigenvalue weighted by molar-refractivity contribution is -0.115. The van der Waals surface area contributed by atoms with Crippen LogP contribution in [-0.2, 0) is 14.8 Å². The molecule has 0 aliphatic carbocycles. The van der Waals surface area contributed by atoms with Crippen LogP contribution in [-0.4, -0.2) is 26.1 Å². The van der Waals surface area contributed by atoms with E-state index in [1.165, 1.54) is 36.0 Å². The second kappa shape index (κ2) is 6.27. The number of thioether (sulfide) groups is 1. The first-order valence-electron chi connectivity index (χ1n) is 6.85. The van der Waals surface area contributed by atoms with Crippen molar-refractivity contribution in [3.8, 4) is 0 Å². The number of nitrogens with zero attached hydrogens (tertiary/aromatic N) is 1. The van der Waals surface area contributed by atoms with Crippen LogP contribution in [0.2, 0.25) is 0 Å². The highest BCUT2D eigenvalue weighted by Gasteiger charge is 2.29. The molecule has 2 aromatic rings. The molecule has 0 aromatic heterocycles. The van der Waals surface area contributed by atoms with E-state index < -0.39 is 16.1 Å². The third kappa shape index (κ3) is 3.28. The number of rotatable bonds is 2. The average Bonchev–Trinajstić information content (AvgIpc) is 2.54.